The topological polar surface area (TPSA) is 127 Å². The van der Waals surface area contributed by atoms with E-state index in [9.17, 15) is 9.59 Å². The van der Waals surface area contributed by atoms with E-state index in [1.807, 2.05) is 0 Å². The maximum atomic E-state index is 11.1. The van der Waals surface area contributed by atoms with E-state index < -0.39 is 0 Å². The number of rotatable bonds is 6. The van der Waals surface area contributed by atoms with E-state index >= 15 is 0 Å². The van der Waals surface area contributed by atoms with Crippen molar-refractivity contribution in [1.82, 2.24) is 9.97 Å². The summed E-state index contributed by atoms with van der Waals surface area (Å²) in [6, 6.07) is 0. The first-order valence-corrected chi connectivity index (χ1v) is 4.96. The van der Waals surface area contributed by atoms with Crippen LogP contribution in [0.2, 0.25) is 0 Å². The van der Waals surface area contributed by atoms with Crippen LogP contribution >= 0.6 is 0 Å². The third-order valence-electron chi connectivity index (χ3n) is 2.03. The van der Waals surface area contributed by atoms with Gasteiger partial charge in [0, 0.05) is 13.0 Å². The number of hydrogen-bond acceptors (Lipinski definition) is 5. The highest BCUT2D eigenvalue weighted by atomic mass is 16.1. The summed E-state index contributed by atoms with van der Waals surface area (Å²) in [5, 5.41) is 2.92. The number of nitrogens with one attached hydrogen (secondary N) is 2. The quantitative estimate of drug-likeness (QED) is 0.482. The normalized spacial score (nSPS) is 10.0. The fourth-order valence-corrected chi connectivity index (χ4v) is 1.18. The number of H-pyrrole nitrogens is 1. The average Bonchev–Trinajstić information content (AvgIpc) is 2.23. The molecule has 1 aromatic heterocycles. The number of anilines is 2. The Hall–Kier alpha value is -2.05. The summed E-state index contributed by atoms with van der Waals surface area (Å²) in [4.78, 5) is 27.8. The summed E-state index contributed by atoms with van der Waals surface area (Å²) in [5.41, 5.74) is 10.2. The Bertz CT molecular complexity index is 415. The van der Waals surface area contributed by atoms with E-state index in [1.54, 1.807) is 0 Å². The van der Waals surface area contributed by atoms with E-state index in [0.717, 1.165) is 6.42 Å². The molecule has 0 unspecified atom stereocenters. The lowest BCUT2D eigenvalue weighted by molar-refractivity contribution is -0.118. The summed E-state index contributed by atoms with van der Waals surface area (Å²) >= 11 is 0. The van der Waals surface area contributed by atoms with Crippen LogP contribution in [0, 0.1) is 0 Å². The number of unbranched alkanes of at least 4 members (excludes halogenated alkanes) is 1. The second-order valence-corrected chi connectivity index (χ2v) is 3.34. The molecule has 88 valence electrons. The molecular formula is C9H15N5O2. The largest absolute Gasteiger partial charge is 0.391 e. The Morgan fingerprint density at radius 3 is 2.94 bits per heavy atom. The molecule has 1 amide bonds. The van der Waals surface area contributed by atoms with Crippen LogP contribution in [0.15, 0.2) is 11.1 Å². The zero-order valence-corrected chi connectivity index (χ0v) is 8.82. The molecule has 7 nitrogen and oxygen atoms in total. The highest BCUT2D eigenvalue weighted by Gasteiger charge is 2.02. The molecule has 0 spiro atoms. The number of nitrogen functional groups attached to an aromatic ring is 1. The number of primary amides is 1. The fraction of sp³-hybridized carbons (Fsp3) is 0.444. The third-order valence-corrected chi connectivity index (χ3v) is 2.03. The number of nitrogens with zero attached hydrogens (tertiary/aromatic N) is 1. The van der Waals surface area contributed by atoms with Crippen LogP contribution in [0.4, 0.5) is 11.5 Å². The summed E-state index contributed by atoms with van der Waals surface area (Å²) in [6.45, 7) is 0.591. The van der Waals surface area contributed by atoms with E-state index in [2.05, 4.69) is 15.3 Å². The molecule has 1 aromatic rings. The fourth-order valence-electron chi connectivity index (χ4n) is 1.18. The predicted octanol–water partition coefficient (Wildman–Crippen LogP) is -0.580. The Balaban J connectivity index is 2.35. The zero-order chi connectivity index (χ0) is 12.0. The standard InChI is InChI=1S/C9H15N5O2/c10-6(15)3-1-2-4-12-8-7(11)9(16)14-5-13-8/h5H,1-4,11H2,(H2,10,15)(H2,12,13,14,16). The molecule has 1 rings (SSSR count). The number of amides is 1. The number of aromatic amines is 1. The first-order chi connectivity index (χ1) is 7.61. The van der Waals surface area contributed by atoms with Crippen LogP contribution in [0.5, 0.6) is 0 Å². The Morgan fingerprint density at radius 2 is 2.25 bits per heavy atom. The number of nitrogens with two attached hydrogens (primary N) is 2. The van der Waals surface area contributed by atoms with Gasteiger partial charge in [0.25, 0.3) is 5.56 Å². The van der Waals surface area contributed by atoms with Gasteiger partial charge in [0.1, 0.15) is 5.69 Å². The first kappa shape index (κ1) is 12.0. The van der Waals surface area contributed by atoms with Gasteiger partial charge in [0.05, 0.1) is 6.33 Å². The van der Waals surface area contributed by atoms with Crippen LogP contribution < -0.4 is 22.3 Å². The average molecular weight is 225 g/mol. The Labute approximate surface area is 92.2 Å². The Morgan fingerprint density at radius 1 is 1.50 bits per heavy atom. The predicted molar refractivity (Wildman–Crippen MR) is 60.8 cm³/mol. The van der Waals surface area contributed by atoms with Gasteiger partial charge < -0.3 is 21.8 Å². The second kappa shape index (κ2) is 5.74. The molecular weight excluding hydrogens is 210 g/mol. The smallest absolute Gasteiger partial charge is 0.276 e. The van der Waals surface area contributed by atoms with Gasteiger partial charge >= 0.3 is 0 Å². The van der Waals surface area contributed by atoms with Crippen molar-refractivity contribution in [2.75, 3.05) is 17.6 Å². The minimum atomic E-state index is -0.366. The van der Waals surface area contributed by atoms with E-state index in [0.29, 0.717) is 25.2 Å². The van der Waals surface area contributed by atoms with Gasteiger partial charge in [-0.05, 0) is 12.8 Å². The molecule has 0 bridgehead atoms. The van der Waals surface area contributed by atoms with Crippen LogP contribution in [0.3, 0.4) is 0 Å². The lowest BCUT2D eigenvalue weighted by Gasteiger charge is -2.06. The van der Waals surface area contributed by atoms with Crippen molar-refractivity contribution in [3.63, 3.8) is 0 Å². The van der Waals surface area contributed by atoms with Crippen molar-refractivity contribution >= 4 is 17.4 Å². The summed E-state index contributed by atoms with van der Waals surface area (Å²) in [7, 11) is 0. The minimum Gasteiger partial charge on any atom is -0.391 e. The molecule has 0 aromatic carbocycles. The van der Waals surface area contributed by atoms with Gasteiger partial charge in [-0.25, -0.2) is 4.98 Å². The number of aromatic nitrogens is 2. The van der Waals surface area contributed by atoms with Gasteiger partial charge in [-0.15, -0.1) is 0 Å². The van der Waals surface area contributed by atoms with Crippen LogP contribution in [-0.4, -0.2) is 22.4 Å². The number of hydrogen-bond donors (Lipinski definition) is 4. The van der Waals surface area contributed by atoms with Crippen LogP contribution in [0.25, 0.3) is 0 Å². The molecule has 0 aliphatic carbocycles. The van der Waals surface area contributed by atoms with Gasteiger partial charge in [-0.2, -0.15) is 0 Å². The van der Waals surface area contributed by atoms with Crippen molar-refractivity contribution in [3.8, 4) is 0 Å². The van der Waals surface area contributed by atoms with Crippen molar-refractivity contribution < 1.29 is 4.79 Å². The van der Waals surface area contributed by atoms with Gasteiger partial charge in [0.15, 0.2) is 5.82 Å². The molecule has 0 radical (unpaired) electrons. The summed E-state index contributed by atoms with van der Waals surface area (Å²) in [6.07, 6.45) is 3.10. The molecule has 16 heavy (non-hydrogen) atoms. The highest BCUT2D eigenvalue weighted by Crippen LogP contribution is 2.07. The summed E-state index contributed by atoms with van der Waals surface area (Å²) in [5.74, 6) is 0.0524. The lowest BCUT2D eigenvalue weighted by Crippen LogP contribution is -2.17. The van der Waals surface area contributed by atoms with Crippen molar-refractivity contribution in [2.45, 2.75) is 19.3 Å². The molecule has 0 saturated heterocycles. The van der Waals surface area contributed by atoms with Crippen molar-refractivity contribution in [3.05, 3.63) is 16.7 Å². The zero-order valence-electron chi connectivity index (χ0n) is 8.82. The molecule has 0 aliphatic heterocycles. The SMILES string of the molecule is NC(=O)CCCCNc1nc[nH]c(=O)c1N. The van der Waals surface area contributed by atoms with Gasteiger partial charge in [-0.3, -0.25) is 9.59 Å². The number of carbonyl (C=O) groups excluding carboxylic acids is 1. The van der Waals surface area contributed by atoms with Crippen molar-refractivity contribution in [2.24, 2.45) is 5.73 Å². The second-order valence-electron chi connectivity index (χ2n) is 3.34. The highest BCUT2D eigenvalue weighted by molar-refractivity contribution is 5.73. The molecule has 0 aliphatic rings. The van der Waals surface area contributed by atoms with Gasteiger partial charge in [-0.1, -0.05) is 0 Å². The molecule has 7 heteroatoms. The maximum Gasteiger partial charge on any atom is 0.276 e. The molecule has 1 heterocycles. The van der Waals surface area contributed by atoms with Crippen LogP contribution in [0.1, 0.15) is 19.3 Å². The monoisotopic (exact) mass is 225 g/mol. The Kier molecular flexibility index (Phi) is 4.31. The summed E-state index contributed by atoms with van der Waals surface area (Å²) < 4.78 is 0. The minimum absolute atomic E-state index is 0.0670. The molecule has 0 atom stereocenters. The molecule has 0 fully saturated rings. The van der Waals surface area contributed by atoms with Crippen LogP contribution in [-0.2, 0) is 4.79 Å². The first-order valence-electron chi connectivity index (χ1n) is 4.96. The van der Waals surface area contributed by atoms with E-state index in [4.69, 9.17) is 11.5 Å². The third kappa shape index (κ3) is 3.60. The maximum absolute atomic E-state index is 11.1. The lowest BCUT2D eigenvalue weighted by atomic mass is 10.2. The molecule has 6 N–H and O–H groups in total. The van der Waals surface area contributed by atoms with E-state index in [1.165, 1.54) is 6.33 Å². The van der Waals surface area contributed by atoms with Crippen molar-refractivity contribution in [1.29, 1.82) is 0 Å². The van der Waals surface area contributed by atoms with Gasteiger partial charge in [0.2, 0.25) is 5.91 Å². The molecule has 0 saturated carbocycles. The number of carbonyl (C=O) groups is 1. The van der Waals surface area contributed by atoms with E-state index in [-0.39, 0.29) is 17.2 Å².